The molecule has 1 heterocycles. The lowest BCUT2D eigenvalue weighted by atomic mass is 10.1. The number of esters is 1. The molecule has 0 spiro atoms. The number of aromatic nitrogens is 3. The van der Waals surface area contributed by atoms with Crippen LogP contribution in [0, 0.1) is 17.0 Å². The van der Waals surface area contributed by atoms with Crippen molar-refractivity contribution in [2.75, 3.05) is 6.61 Å². The topological polar surface area (TPSA) is 117 Å². The quantitative estimate of drug-likeness (QED) is 0.186. The number of hydrogen-bond donors (Lipinski definition) is 0. The Balaban J connectivity index is 1.53. The maximum absolute atomic E-state index is 12.1. The van der Waals surface area contributed by atoms with E-state index >= 15 is 0 Å². The van der Waals surface area contributed by atoms with E-state index < -0.39 is 23.3 Å². The van der Waals surface area contributed by atoms with Crippen LogP contribution in [0.25, 0.3) is 6.08 Å². The molecule has 0 radical (unpaired) electrons. The number of Topliss-reactive ketones (excluding diaryl/α,β-unsaturated/α-hetero) is 1. The fourth-order valence-corrected chi connectivity index (χ4v) is 2.64. The summed E-state index contributed by atoms with van der Waals surface area (Å²) in [6.45, 7) is 1.60. The Hall–Kier alpha value is -4.14. The molecule has 1 aromatic heterocycles. The third kappa shape index (κ3) is 5.44. The lowest BCUT2D eigenvalue weighted by Gasteiger charge is -2.03. The van der Waals surface area contributed by atoms with Crippen molar-refractivity contribution >= 4 is 23.5 Å². The van der Waals surface area contributed by atoms with Gasteiger partial charge < -0.3 is 4.74 Å². The highest BCUT2D eigenvalue weighted by Gasteiger charge is 2.16. The number of benzene rings is 2. The highest BCUT2D eigenvalue weighted by atomic mass is 16.6. The van der Waals surface area contributed by atoms with Crippen LogP contribution in [0.15, 0.2) is 60.8 Å². The second-order valence-corrected chi connectivity index (χ2v) is 6.45. The molecular weight excluding hydrogens is 388 g/mol. The van der Waals surface area contributed by atoms with E-state index in [1.165, 1.54) is 24.3 Å². The number of ether oxygens (including phenoxy) is 1. The molecule has 0 fully saturated rings. The fourth-order valence-electron chi connectivity index (χ4n) is 2.64. The van der Waals surface area contributed by atoms with Crippen molar-refractivity contribution in [3.63, 3.8) is 0 Å². The number of nitro benzene ring substituents is 1. The third-order valence-corrected chi connectivity index (χ3v) is 4.21. The maximum Gasteiger partial charge on any atom is 0.331 e. The highest BCUT2D eigenvalue weighted by molar-refractivity contribution is 5.99. The van der Waals surface area contributed by atoms with Crippen LogP contribution in [0.3, 0.4) is 0 Å². The van der Waals surface area contributed by atoms with E-state index in [1.54, 1.807) is 17.8 Å². The Morgan fingerprint density at radius 2 is 1.97 bits per heavy atom. The number of aryl methyl sites for hydroxylation is 1. The van der Waals surface area contributed by atoms with Crippen molar-refractivity contribution in [2.24, 2.45) is 0 Å². The van der Waals surface area contributed by atoms with Gasteiger partial charge in [-0.1, -0.05) is 47.7 Å². The fraction of sp³-hybridized carbons (Fsp3) is 0.143. The summed E-state index contributed by atoms with van der Waals surface area (Å²) in [7, 11) is 0. The molecule has 0 N–H and O–H groups in total. The molecule has 0 unspecified atom stereocenters. The van der Waals surface area contributed by atoms with E-state index in [-0.39, 0.29) is 11.3 Å². The Morgan fingerprint density at radius 3 is 2.70 bits per heavy atom. The molecule has 0 aliphatic heterocycles. The minimum atomic E-state index is -0.734. The van der Waals surface area contributed by atoms with Crippen molar-refractivity contribution in [2.45, 2.75) is 13.5 Å². The van der Waals surface area contributed by atoms with E-state index in [0.717, 1.165) is 11.6 Å². The van der Waals surface area contributed by atoms with E-state index in [0.29, 0.717) is 17.8 Å². The first kappa shape index (κ1) is 20.6. The zero-order chi connectivity index (χ0) is 21.5. The summed E-state index contributed by atoms with van der Waals surface area (Å²) < 4.78 is 6.55. The predicted octanol–water partition coefficient (Wildman–Crippen LogP) is 2.98. The van der Waals surface area contributed by atoms with Crippen LogP contribution in [-0.2, 0) is 16.1 Å². The van der Waals surface area contributed by atoms with E-state index in [1.807, 2.05) is 30.3 Å². The van der Waals surface area contributed by atoms with Gasteiger partial charge in [0, 0.05) is 23.3 Å². The van der Waals surface area contributed by atoms with Crippen LogP contribution >= 0.6 is 0 Å². The van der Waals surface area contributed by atoms with Crippen molar-refractivity contribution in [3.05, 3.63) is 93.3 Å². The molecule has 0 atom stereocenters. The van der Waals surface area contributed by atoms with Gasteiger partial charge in [-0.2, -0.15) is 0 Å². The molecule has 9 heteroatoms. The molecular formula is C21H18N4O5. The van der Waals surface area contributed by atoms with Gasteiger partial charge >= 0.3 is 5.97 Å². The van der Waals surface area contributed by atoms with Crippen LogP contribution in [0.1, 0.15) is 27.2 Å². The van der Waals surface area contributed by atoms with Crippen LogP contribution in [-0.4, -0.2) is 38.3 Å². The summed E-state index contributed by atoms with van der Waals surface area (Å²) in [5, 5.41) is 18.9. The number of hydrogen-bond acceptors (Lipinski definition) is 7. The summed E-state index contributed by atoms with van der Waals surface area (Å²) in [6, 6.07) is 13.8. The lowest BCUT2D eigenvalue weighted by molar-refractivity contribution is -0.385. The largest absolute Gasteiger partial charge is 0.454 e. The van der Waals surface area contributed by atoms with Gasteiger partial charge in [-0.05, 0) is 18.6 Å². The van der Waals surface area contributed by atoms with Crippen LogP contribution in [0.2, 0.25) is 0 Å². The van der Waals surface area contributed by atoms with Crippen LogP contribution < -0.4 is 0 Å². The smallest absolute Gasteiger partial charge is 0.331 e. The normalized spacial score (nSPS) is 10.8. The van der Waals surface area contributed by atoms with E-state index in [9.17, 15) is 19.7 Å². The molecule has 3 aromatic rings. The Bertz CT molecular complexity index is 1110. The van der Waals surface area contributed by atoms with Crippen molar-refractivity contribution in [1.29, 1.82) is 0 Å². The SMILES string of the molecule is Cc1ccc(C(=O)COC(=O)/C=C/c2cn(Cc3ccccc3)nn2)cc1[N+](=O)[O-]. The first-order valence-electron chi connectivity index (χ1n) is 8.99. The summed E-state index contributed by atoms with van der Waals surface area (Å²) >= 11 is 0. The highest BCUT2D eigenvalue weighted by Crippen LogP contribution is 2.19. The summed E-state index contributed by atoms with van der Waals surface area (Å²) in [5.41, 5.74) is 1.91. The number of ketones is 1. The summed E-state index contributed by atoms with van der Waals surface area (Å²) in [6.07, 6.45) is 4.24. The number of nitro groups is 1. The molecule has 0 aliphatic carbocycles. The molecule has 3 rings (SSSR count). The Morgan fingerprint density at radius 1 is 1.20 bits per heavy atom. The van der Waals surface area contributed by atoms with E-state index in [2.05, 4.69) is 10.3 Å². The van der Waals surface area contributed by atoms with Gasteiger partial charge in [0.25, 0.3) is 5.69 Å². The average molecular weight is 406 g/mol. The molecule has 9 nitrogen and oxygen atoms in total. The molecule has 0 aliphatic rings. The second-order valence-electron chi connectivity index (χ2n) is 6.45. The van der Waals surface area contributed by atoms with Crippen molar-refractivity contribution in [3.8, 4) is 0 Å². The van der Waals surface area contributed by atoms with Gasteiger partial charge in [0.05, 0.1) is 17.7 Å². The third-order valence-electron chi connectivity index (χ3n) is 4.21. The van der Waals surface area contributed by atoms with Gasteiger partial charge in [0.15, 0.2) is 6.61 Å². The molecule has 2 aromatic carbocycles. The first-order chi connectivity index (χ1) is 14.4. The van der Waals surface area contributed by atoms with Crippen molar-refractivity contribution < 1.29 is 19.2 Å². The molecule has 30 heavy (non-hydrogen) atoms. The van der Waals surface area contributed by atoms with Gasteiger partial charge in [0.2, 0.25) is 5.78 Å². The molecule has 0 bridgehead atoms. The zero-order valence-corrected chi connectivity index (χ0v) is 16.1. The standard InChI is InChI=1S/C21H18N4O5/c1-15-7-8-17(11-19(15)25(28)29)20(26)14-30-21(27)10-9-18-13-24(23-22-18)12-16-5-3-2-4-6-16/h2-11,13H,12,14H2,1H3/b10-9+. The van der Waals surface area contributed by atoms with Gasteiger partial charge in [0.1, 0.15) is 5.69 Å². The molecule has 0 saturated carbocycles. The lowest BCUT2D eigenvalue weighted by Crippen LogP contribution is -2.13. The van der Waals surface area contributed by atoms with Gasteiger partial charge in [-0.25, -0.2) is 9.48 Å². The first-order valence-corrected chi connectivity index (χ1v) is 8.99. The number of carbonyl (C=O) groups excluding carboxylic acids is 2. The second kappa shape index (κ2) is 9.37. The number of rotatable bonds is 8. The molecule has 152 valence electrons. The monoisotopic (exact) mass is 406 g/mol. The number of carbonyl (C=O) groups is 2. The minimum Gasteiger partial charge on any atom is -0.454 e. The maximum atomic E-state index is 12.1. The van der Waals surface area contributed by atoms with Crippen LogP contribution in [0.5, 0.6) is 0 Å². The minimum absolute atomic E-state index is 0.105. The summed E-state index contributed by atoms with van der Waals surface area (Å²) in [4.78, 5) is 34.4. The zero-order valence-electron chi connectivity index (χ0n) is 16.1. The molecule has 0 amide bonds. The molecule has 0 saturated heterocycles. The van der Waals surface area contributed by atoms with Crippen molar-refractivity contribution in [1.82, 2.24) is 15.0 Å². The van der Waals surface area contributed by atoms with Crippen LogP contribution in [0.4, 0.5) is 5.69 Å². The number of nitrogens with zero attached hydrogens (tertiary/aromatic N) is 4. The van der Waals surface area contributed by atoms with Gasteiger partial charge in [-0.3, -0.25) is 14.9 Å². The van der Waals surface area contributed by atoms with E-state index in [4.69, 9.17) is 4.74 Å². The summed E-state index contributed by atoms with van der Waals surface area (Å²) in [5.74, 6) is -1.27. The predicted molar refractivity (Wildman–Crippen MR) is 108 cm³/mol. The average Bonchev–Trinajstić information content (AvgIpc) is 3.18. The van der Waals surface area contributed by atoms with Gasteiger partial charge in [-0.15, -0.1) is 5.10 Å². The Kier molecular flexibility index (Phi) is 6.43. The Labute approximate surface area is 171 Å².